The molecular formula is C16H20F2N4O2S2. The molecule has 0 N–H and O–H groups in total. The molecule has 0 bridgehead atoms. The van der Waals surface area contributed by atoms with Crippen molar-refractivity contribution in [2.45, 2.75) is 25.6 Å². The van der Waals surface area contributed by atoms with Crippen LogP contribution in [0.3, 0.4) is 0 Å². The molecule has 26 heavy (non-hydrogen) atoms. The number of halogens is 2. The van der Waals surface area contributed by atoms with Gasteiger partial charge in [-0.3, -0.25) is 4.90 Å². The van der Waals surface area contributed by atoms with Crippen molar-refractivity contribution in [1.82, 2.24) is 19.2 Å². The summed E-state index contributed by atoms with van der Waals surface area (Å²) in [6, 6.07) is 3.49. The summed E-state index contributed by atoms with van der Waals surface area (Å²) >= 11 is 5.40. The normalized spacial score (nSPS) is 19.3. The monoisotopic (exact) mass is 402 g/mol. The molecule has 10 heteroatoms. The van der Waals surface area contributed by atoms with Crippen molar-refractivity contribution < 1.29 is 17.2 Å². The number of aromatic nitrogens is 3. The lowest BCUT2D eigenvalue weighted by Crippen LogP contribution is -2.23. The smallest absolute Gasteiger partial charge is 0.198 e. The van der Waals surface area contributed by atoms with Gasteiger partial charge in [-0.25, -0.2) is 21.9 Å². The molecule has 3 rings (SSSR count). The molecule has 1 saturated heterocycles. The Kier molecular flexibility index (Phi) is 5.27. The standard InChI is InChI=1S/C16H20F2N4O2S2/c1-20(8-11-3-4-13(17)7-14(11)18)10-22-16(25)21(2)15(19-22)12-5-6-26(23,24)9-12/h3-4,7,12H,5-6,8-10H2,1-2H3. The van der Waals surface area contributed by atoms with E-state index in [-0.39, 0.29) is 24.0 Å². The number of sulfone groups is 1. The summed E-state index contributed by atoms with van der Waals surface area (Å²) in [5, 5.41) is 4.49. The Hall–Kier alpha value is -1.65. The van der Waals surface area contributed by atoms with Gasteiger partial charge < -0.3 is 4.57 Å². The van der Waals surface area contributed by atoms with E-state index in [2.05, 4.69) is 5.10 Å². The molecule has 0 radical (unpaired) electrons. The molecule has 2 heterocycles. The van der Waals surface area contributed by atoms with Crippen LogP contribution in [0.25, 0.3) is 0 Å². The molecule has 0 spiro atoms. The van der Waals surface area contributed by atoms with Crippen molar-refractivity contribution in [2.24, 2.45) is 7.05 Å². The molecule has 1 aliphatic rings. The summed E-state index contributed by atoms with van der Waals surface area (Å²) in [4.78, 5) is 1.80. The quantitative estimate of drug-likeness (QED) is 0.718. The Bertz CT molecular complexity index is 985. The Morgan fingerprint density at radius 1 is 1.38 bits per heavy atom. The maximum absolute atomic E-state index is 13.8. The molecule has 6 nitrogen and oxygen atoms in total. The van der Waals surface area contributed by atoms with Crippen LogP contribution in [0.2, 0.25) is 0 Å². The van der Waals surface area contributed by atoms with E-state index in [1.54, 1.807) is 28.2 Å². The second-order valence-electron chi connectivity index (χ2n) is 6.69. The van der Waals surface area contributed by atoms with Crippen LogP contribution < -0.4 is 0 Å². The van der Waals surface area contributed by atoms with Crippen molar-refractivity contribution in [3.8, 4) is 0 Å². The number of benzene rings is 1. The Labute approximate surface area is 156 Å². The van der Waals surface area contributed by atoms with Gasteiger partial charge in [-0.1, -0.05) is 6.07 Å². The minimum absolute atomic E-state index is 0.0866. The van der Waals surface area contributed by atoms with E-state index in [9.17, 15) is 17.2 Å². The molecular weight excluding hydrogens is 382 g/mol. The molecule has 1 aromatic carbocycles. The van der Waals surface area contributed by atoms with Gasteiger partial charge in [-0.05, 0) is 31.8 Å². The molecule has 0 amide bonds. The van der Waals surface area contributed by atoms with Gasteiger partial charge in [0, 0.05) is 31.1 Å². The van der Waals surface area contributed by atoms with Gasteiger partial charge in [0.05, 0.1) is 18.2 Å². The average Bonchev–Trinajstić information content (AvgIpc) is 3.04. The van der Waals surface area contributed by atoms with E-state index in [0.29, 0.717) is 29.2 Å². The van der Waals surface area contributed by atoms with Crippen LogP contribution in [-0.2, 0) is 30.1 Å². The molecule has 1 atom stereocenters. The Balaban J connectivity index is 1.76. The fourth-order valence-corrected chi connectivity index (χ4v) is 5.10. The van der Waals surface area contributed by atoms with Crippen molar-refractivity contribution >= 4 is 22.1 Å². The highest BCUT2D eigenvalue weighted by Crippen LogP contribution is 2.27. The highest BCUT2D eigenvalue weighted by molar-refractivity contribution is 7.91. The summed E-state index contributed by atoms with van der Waals surface area (Å²) in [5.74, 6) is -0.467. The summed E-state index contributed by atoms with van der Waals surface area (Å²) < 4.78 is 54.0. The van der Waals surface area contributed by atoms with Gasteiger partial charge in [0.1, 0.15) is 17.5 Å². The van der Waals surface area contributed by atoms with E-state index in [4.69, 9.17) is 12.2 Å². The summed E-state index contributed by atoms with van der Waals surface area (Å²) in [6.45, 7) is 0.570. The SMILES string of the molecule is CN(Cc1ccc(F)cc1F)Cn1nc(C2CCS(=O)(=O)C2)n(C)c1=S. The number of hydrogen-bond donors (Lipinski definition) is 0. The first-order valence-electron chi connectivity index (χ1n) is 8.13. The second kappa shape index (κ2) is 7.16. The maximum Gasteiger partial charge on any atom is 0.198 e. The minimum Gasteiger partial charge on any atom is -0.307 e. The number of rotatable bonds is 5. The van der Waals surface area contributed by atoms with Gasteiger partial charge in [-0.15, -0.1) is 0 Å². The van der Waals surface area contributed by atoms with E-state index < -0.39 is 21.5 Å². The molecule has 1 aromatic heterocycles. The fraction of sp³-hybridized carbons (Fsp3) is 0.500. The zero-order valence-corrected chi connectivity index (χ0v) is 16.2. The second-order valence-corrected chi connectivity index (χ2v) is 9.28. The zero-order chi connectivity index (χ0) is 19.1. The number of nitrogens with zero attached hydrogens (tertiary/aromatic N) is 4. The first-order valence-corrected chi connectivity index (χ1v) is 10.4. The third-order valence-electron chi connectivity index (χ3n) is 4.50. The van der Waals surface area contributed by atoms with Gasteiger partial charge in [0.25, 0.3) is 0 Å². The van der Waals surface area contributed by atoms with Crippen LogP contribution in [0.1, 0.15) is 23.7 Å². The fourth-order valence-electron chi connectivity index (χ4n) is 3.17. The van der Waals surface area contributed by atoms with E-state index in [0.717, 1.165) is 6.07 Å². The van der Waals surface area contributed by atoms with Crippen LogP contribution >= 0.6 is 12.2 Å². The topological polar surface area (TPSA) is 60.1 Å². The van der Waals surface area contributed by atoms with Crippen LogP contribution in [-0.4, -0.2) is 46.2 Å². The van der Waals surface area contributed by atoms with Crippen molar-refractivity contribution in [3.63, 3.8) is 0 Å². The lowest BCUT2D eigenvalue weighted by Gasteiger charge is -2.17. The average molecular weight is 402 g/mol. The predicted molar refractivity (Wildman–Crippen MR) is 95.9 cm³/mol. The molecule has 1 fully saturated rings. The first kappa shape index (κ1) is 19.1. The van der Waals surface area contributed by atoms with Gasteiger partial charge >= 0.3 is 0 Å². The summed E-state index contributed by atoms with van der Waals surface area (Å²) in [5.41, 5.74) is 0.374. The van der Waals surface area contributed by atoms with Gasteiger partial charge in [0.2, 0.25) is 0 Å². The lowest BCUT2D eigenvalue weighted by molar-refractivity contribution is 0.240. The molecule has 2 aromatic rings. The van der Waals surface area contributed by atoms with Crippen molar-refractivity contribution in [3.05, 3.63) is 46.0 Å². The van der Waals surface area contributed by atoms with Crippen LogP contribution in [0.4, 0.5) is 8.78 Å². The largest absolute Gasteiger partial charge is 0.307 e. The predicted octanol–water partition coefficient (Wildman–Crippen LogP) is 2.22. The summed E-state index contributed by atoms with van der Waals surface area (Å²) in [7, 11) is 0.531. The lowest BCUT2D eigenvalue weighted by atomic mass is 10.1. The Morgan fingerprint density at radius 3 is 2.73 bits per heavy atom. The molecule has 142 valence electrons. The van der Waals surface area contributed by atoms with E-state index in [1.165, 1.54) is 12.1 Å². The Morgan fingerprint density at radius 2 is 2.12 bits per heavy atom. The summed E-state index contributed by atoms with van der Waals surface area (Å²) in [6.07, 6.45) is 0.540. The van der Waals surface area contributed by atoms with Gasteiger partial charge in [-0.2, -0.15) is 5.10 Å². The van der Waals surface area contributed by atoms with Crippen LogP contribution in [0, 0.1) is 16.4 Å². The first-order chi connectivity index (χ1) is 12.2. The molecule has 0 aliphatic carbocycles. The maximum atomic E-state index is 13.8. The number of hydrogen-bond acceptors (Lipinski definition) is 5. The third-order valence-corrected chi connectivity index (χ3v) is 6.76. The zero-order valence-electron chi connectivity index (χ0n) is 14.5. The highest BCUT2D eigenvalue weighted by atomic mass is 32.2. The molecule has 0 saturated carbocycles. The molecule has 1 unspecified atom stereocenters. The molecule has 1 aliphatic heterocycles. The highest BCUT2D eigenvalue weighted by Gasteiger charge is 2.32. The van der Waals surface area contributed by atoms with Crippen LogP contribution in [0.5, 0.6) is 0 Å². The third kappa shape index (κ3) is 4.02. The van der Waals surface area contributed by atoms with E-state index >= 15 is 0 Å². The van der Waals surface area contributed by atoms with Crippen LogP contribution in [0.15, 0.2) is 18.2 Å². The van der Waals surface area contributed by atoms with Crippen molar-refractivity contribution in [2.75, 3.05) is 18.6 Å². The van der Waals surface area contributed by atoms with Gasteiger partial charge in [0.15, 0.2) is 14.6 Å². The minimum atomic E-state index is -3.02. The van der Waals surface area contributed by atoms with Crippen molar-refractivity contribution in [1.29, 1.82) is 0 Å². The van der Waals surface area contributed by atoms with E-state index in [1.807, 2.05) is 0 Å².